The number of hydrogen-bond acceptors (Lipinski definition) is 4. The van der Waals surface area contributed by atoms with Crippen LogP contribution in [0, 0.1) is 0 Å². The lowest BCUT2D eigenvalue weighted by Crippen LogP contribution is -2.00. The number of ether oxygens (including phenoxy) is 1. The quantitative estimate of drug-likeness (QED) is 0.652. The van der Waals surface area contributed by atoms with Crippen LogP contribution < -0.4 is 4.74 Å². The average Bonchev–Trinajstić information content (AvgIpc) is 2.78. The van der Waals surface area contributed by atoms with E-state index < -0.39 is 0 Å². The van der Waals surface area contributed by atoms with Crippen LogP contribution in [0.3, 0.4) is 0 Å². The molecule has 0 atom stereocenters. The van der Waals surface area contributed by atoms with Crippen LogP contribution in [0.5, 0.6) is 11.5 Å². The average molecular weight is 373 g/mol. The monoisotopic (exact) mass is 372 g/mol. The number of carbonyl (C=O) groups excluding carboxylic acids is 2. The smallest absolute Gasteiger partial charge is 0.197 e. The number of rotatable bonds is 3. The number of benzene rings is 2. The fraction of sp³-hybridized carbons (Fsp3) is 0.111. The molecule has 0 radical (unpaired) electrons. The van der Waals surface area contributed by atoms with Crippen LogP contribution in [0.15, 0.2) is 46.4 Å². The highest BCUT2D eigenvalue weighted by atomic mass is 79.9. The maximum Gasteiger partial charge on any atom is 0.197 e. The zero-order valence-corrected chi connectivity index (χ0v) is 13.9. The lowest BCUT2D eigenvalue weighted by atomic mass is 10.1. The Morgan fingerprint density at radius 2 is 1.74 bits per heavy atom. The van der Waals surface area contributed by atoms with E-state index in [9.17, 15) is 14.7 Å². The molecule has 0 unspecified atom stereocenters. The van der Waals surface area contributed by atoms with Crippen molar-refractivity contribution < 1.29 is 19.4 Å². The van der Waals surface area contributed by atoms with Gasteiger partial charge in [0.1, 0.15) is 0 Å². The fourth-order valence-electron chi connectivity index (χ4n) is 2.51. The summed E-state index contributed by atoms with van der Waals surface area (Å²) in [4.78, 5) is 24.8. The molecule has 0 amide bonds. The maximum atomic E-state index is 12.4. The number of phenols is 1. The van der Waals surface area contributed by atoms with Gasteiger partial charge in [-0.3, -0.25) is 9.59 Å². The van der Waals surface area contributed by atoms with E-state index in [0.29, 0.717) is 33.5 Å². The molecule has 23 heavy (non-hydrogen) atoms. The molecule has 1 aliphatic carbocycles. The summed E-state index contributed by atoms with van der Waals surface area (Å²) in [5, 5.41) is 9.93. The van der Waals surface area contributed by atoms with Gasteiger partial charge < -0.3 is 9.84 Å². The molecular weight excluding hydrogens is 360 g/mol. The second kappa shape index (κ2) is 6.01. The first-order chi connectivity index (χ1) is 11.0. The van der Waals surface area contributed by atoms with Gasteiger partial charge in [-0.25, -0.2) is 0 Å². The minimum absolute atomic E-state index is 0.0126. The third-order valence-corrected chi connectivity index (χ3v) is 4.17. The highest BCUT2D eigenvalue weighted by Crippen LogP contribution is 2.37. The molecule has 3 rings (SSSR count). The van der Waals surface area contributed by atoms with Gasteiger partial charge in [0.15, 0.2) is 23.1 Å². The zero-order chi connectivity index (χ0) is 16.6. The Labute approximate surface area is 141 Å². The van der Waals surface area contributed by atoms with Gasteiger partial charge >= 0.3 is 0 Å². The number of Topliss-reactive ketones (excluding diaryl/α,β-unsaturated/α-hetero) is 2. The molecule has 0 saturated carbocycles. The summed E-state index contributed by atoms with van der Waals surface area (Å²) in [6, 6.07) is 9.99. The number of allylic oxidation sites excluding steroid dienone is 1. The Morgan fingerprint density at radius 3 is 2.30 bits per heavy atom. The predicted octanol–water partition coefficient (Wildman–Crippen LogP) is 4.02. The van der Waals surface area contributed by atoms with Gasteiger partial charge in [-0.15, -0.1) is 0 Å². The van der Waals surface area contributed by atoms with E-state index in [-0.39, 0.29) is 22.9 Å². The van der Waals surface area contributed by atoms with Crippen molar-refractivity contribution in [2.24, 2.45) is 0 Å². The van der Waals surface area contributed by atoms with Crippen molar-refractivity contribution in [2.75, 3.05) is 6.61 Å². The summed E-state index contributed by atoms with van der Waals surface area (Å²) in [7, 11) is 0. The van der Waals surface area contributed by atoms with E-state index in [4.69, 9.17) is 4.74 Å². The van der Waals surface area contributed by atoms with Crippen molar-refractivity contribution in [1.29, 1.82) is 0 Å². The molecule has 116 valence electrons. The van der Waals surface area contributed by atoms with Gasteiger partial charge in [0.25, 0.3) is 0 Å². The van der Waals surface area contributed by atoms with Crippen LogP contribution in [0.2, 0.25) is 0 Å². The van der Waals surface area contributed by atoms with Crippen LogP contribution in [0.4, 0.5) is 0 Å². The molecule has 2 aromatic rings. The molecule has 0 heterocycles. The number of carbonyl (C=O) groups is 2. The first-order valence-corrected chi connectivity index (χ1v) is 7.87. The molecular formula is C18H13BrO4. The second-order valence-electron chi connectivity index (χ2n) is 5.04. The third-order valence-electron chi connectivity index (χ3n) is 3.57. The van der Waals surface area contributed by atoms with Crippen LogP contribution in [0.25, 0.3) is 6.08 Å². The molecule has 0 fully saturated rings. The van der Waals surface area contributed by atoms with Crippen molar-refractivity contribution in [2.45, 2.75) is 6.92 Å². The molecule has 5 heteroatoms. The third kappa shape index (κ3) is 2.68. The summed E-state index contributed by atoms with van der Waals surface area (Å²) < 4.78 is 5.79. The number of phenolic OH excluding ortho intramolecular Hbond substituents is 1. The van der Waals surface area contributed by atoms with Crippen molar-refractivity contribution >= 4 is 33.6 Å². The van der Waals surface area contributed by atoms with Gasteiger partial charge in [0.05, 0.1) is 16.7 Å². The first kappa shape index (κ1) is 15.5. The van der Waals surface area contributed by atoms with E-state index in [0.717, 1.165) is 0 Å². The summed E-state index contributed by atoms with van der Waals surface area (Å²) in [5.41, 5.74) is 1.56. The van der Waals surface area contributed by atoms with Crippen molar-refractivity contribution in [3.63, 3.8) is 0 Å². The number of fused-ring (bicyclic) bond motifs is 1. The molecule has 0 saturated heterocycles. The summed E-state index contributed by atoms with van der Waals surface area (Å²) in [6.45, 7) is 2.20. The van der Waals surface area contributed by atoms with Gasteiger partial charge in [-0.2, -0.15) is 0 Å². The molecule has 0 spiro atoms. The predicted molar refractivity (Wildman–Crippen MR) is 90.1 cm³/mol. The Kier molecular flexibility index (Phi) is 4.05. The normalized spacial score (nSPS) is 13.2. The van der Waals surface area contributed by atoms with Crippen LogP contribution >= 0.6 is 15.9 Å². The Bertz CT molecular complexity index is 815. The molecule has 1 N–H and O–H groups in total. The Hall–Kier alpha value is -2.40. The number of aromatic hydroxyl groups is 1. The van der Waals surface area contributed by atoms with Crippen molar-refractivity contribution in [3.8, 4) is 11.5 Å². The second-order valence-corrected chi connectivity index (χ2v) is 5.90. The lowest BCUT2D eigenvalue weighted by Gasteiger charge is -2.08. The Balaban J connectivity index is 2.07. The highest BCUT2D eigenvalue weighted by Gasteiger charge is 2.32. The standard InChI is InChI=1S/C18H13BrO4/c1-2-23-15-9-10(8-14(19)18(15)22)7-13-16(20)11-5-3-4-6-12(11)17(13)21/h3-9,22H,2H2,1H3. The molecule has 4 nitrogen and oxygen atoms in total. The van der Waals surface area contributed by atoms with Gasteiger partial charge in [-0.05, 0) is 46.6 Å². The minimum atomic E-state index is -0.284. The van der Waals surface area contributed by atoms with Gasteiger partial charge in [-0.1, -0.05) is 24.3 Å². The van der Waals surface area contributed by atoms with Crippen molar-refractivity contribution in [1.82, 2.24) is 0 Å². The zero-order valence-electron chi connectivity index (χ0n) is 12.3. The summed E-state index contributed by atoms with van der Waals surface area (Å²) in [5.74, 6) is -0.286. The molecule has 1 aliphatic rings. The topological polar surface area (TPSA) is 63.6 Å². The number of hydrogen-bond donors (Lipinski definition) is 1. The van der Waals surface area contributed by atoms with Gasteiger partial charge in [0, 0.05) is 11.1 Å². The fourth-order valence-corrected chi connectivity index (χ4v) is 2.97. The molecule has 2 aromatic carbocycles. The summed E-state index contributed by atoms with van der Waals surface area (Å²) in [6.07, 6.45) is 1.53. The van der Waals surface area contributed by atoms with Crippen LogP contribution in [-0.4, -0.2) is 23.3 Å². The van der Waals surface area contributed by atoms with E-state index in [2.05, 4.69) is 15.9 Å². The molecule has 0 aromatic heterocycles. The van der Waals surface area contributed by atoms with Crippen molar-refractivity contribution in [3.05, 3.63) is 63.1 Å². The highest BCUT2D eigenvalue weighted by molar-refractivity contribution is 9.10. The van der Waals surface area contributed by atoms with Gasteiger partial charge in [0.2, 0.25) is 0 Å². The van der Waals surface area contributed by atoms with E-state index in [1.807, 2.05) is 0 Å². The van der Waals surface area contributed by atoms with Crippen LogP contribution in [0.1, 0.15) is 33.2 Å². The largest absolute Gasteiger partial charge is 0.503 e. The Morgan fingerprint density at radius 1 is 1.13 bits per heavy atom. The summed E-state index contributed by atoms with van der Waals surface area (Å²) >= 11 is 3.25. The minimum Gasteiger partial charge on any atom is -0.503 e. The van der Waals surface area contributed by atoms with Crippen LogP contribution in [-0.2, 0) is 0 Å². The SMILES string of the molecule is CCOc1cc(C=C2C(=O)c3ccccc3C2=O)cc(Br)c1O. The lowest BCUT2D eigenvalue weighted by molar-refractivity contribution is 0.0990. The number of ketones is 2. The molecule has 0 bridgehead atoms. The van der Waals surface area contributed by atoms with E-state index in [1.54, 1.807) is 43.3 Å². The van der Waals surface area contributed by atoms with E-state index >= 15 is 0 Å². The number of halogens is 1. The maximum absolute atomic E-state index is 12.4. The first-order valence-electron chi connectivity index (χ1n) is 7.08. The molecule has 0 aliphatic heterocycles. The van der Waals surface area contributed by atoms with E-state index in [1.165, 1.54) is 6.08 Å².